The largest absolute Gasteiger partial charge is 0.493 e. The third kappa shape index (κ3) is 6.10. The Hall–Kier alpha value is -2.27. The fraction of sp³-hybridized carbons (Fsp3) is 0.261. The maximum Gasteiger partial charge on any atom is 0.160 e. The van der Waals surface area contributed by atoms with E-state index >= 15 is 0 Å². The van der Waals surface area contributed by atoms with Crippen LogP contribution in [0.25, 0.3) is 0 Å². The lowest BCUT2D eigenvalue weighted by Gasteiger charge is -2.23. The maximum absolute atomic E-state index is 6.21. The molecule has 0 radical (unpaired) electrons. The van der Waals surface area contributed by atoms with Crippen LogP contribution in [0.5, 0.6) is 11.5 Å². The van der Waals surface area contributed by atoms with Crippen LogP contribution in [0.4, 0.5) is 0 Å². The summed E-state index contributed by atoms with van der Waals surface area (Å²) in [6.45, 7) is 2.46. The molecule has 1 heterocycles. The molecule has 0 saturated carbocycles. The van der Waals surface area contributed by atoms with Crippen molar-refractivity contribution in [2.75, 3.05) is 20.8 Å². The van der Waals surface area contributed by atoms with Gasteiger partial charge in [-0.3, -0.25) is 9.88 Å². The van der Waals surface area contributed by atoms with Gasteiger partial charge in [-0.2, -0.15) is 0 Å². The van der Waals surface area contributed by atoms with Crippen molar-refractivity contribution in [3.63, 3.8) is 0 Å². The highest BCUT2D eigenvalue weighted by Gasteiger charge is 2.11. The van der Waals surface area contributed by atoms with E-state index in [0.29, 0.717) is 10.0 Å². The highest BCUT2D eigenvalue weighted by atomic mass is 35.5. The molecule has 0 unspecified atom stereocenters. The second-order valence-corrected chi connectivity index (χ2v) is 7.57. The number of rotatable bonds is 9. The summed E-state index contributed by atoms with van der Waals surface area (Å²) in [5.74, 6) is 1.48. The molecule has 0 aliphatic heterocycles. The molecule has 6 heteroatoms. The second kappa shape index (κ2) is 10.5. The quantitative estimate of drug-likeness (QED) is 0.439. The van der Waals surface area contributed by atoms with Crippen LogP contribution in [0.1, 0.15) is 16.7 Å². The predicted molar refractivity (Wildman–Crippen MR) is 118 cm³/mol. The smallest absolute Gasteiger partial charge is 0.160 e. The Morgan fingerprint density at radius 3 is 2.14 bits per heavy atom. The molecule has 152 valence electrons. The minimum absolute atomic E-state index is 0.571. The van der Waals surface area contributed by atoms with E-state index in [0.717, 1.165) is 43.1 Å². The molecule has 29 heavy (non-hydrogen) atoms. The first-order valence-electron chi connectivity index (χ1n) is 9.35. The molecule has 0 atom stereocenters. The zero-order valence-electron chi connectivity index (χ0n) is 16.6. The molecule has 1 aromatic heterocycles. The standard InChI is InChI=1S/C23H24Cl2N2O2/c1-28-22-6-4-17(14-23(22)29-2)9-12-27(15-18-7-10-26-11-8-18)16-19-3-5-20(24)21(25)13-19/h3-8,10-11,13-14H,9,12,15-16H2,1-2H3. The van der Waals surface area contributed by atoms with Crippen molar-refractivity contribution in [2.45, 2.75) is 19.5 Å². The summed E-state index contributed by atoms with van der Waals surface area (Å²) in [5.41, 5.74) is 3.53. The van der Waals surface area contributed by atoms with Gasteiger partial charge in [-0.1, -0.05) is 35.3 Å². The molecular weight excluding hydrogens is 407 g/mol. The van der Waals surface area contributed by atoms with Crippen molar-refractivity contribution in [3.8, 4) is 11.5 Å². The average molecular weight is 431 g/mol. The van der Waals surface area contributed by atoms with Gasteiger partial charge in [0.1, 0.15) is 0 Å². The molecule has 2 aromatic carbocycles. The van der Waals surface area contributed by atoms with E-state index in [1.807, 2.05) is 54.9 Å². The number of halogens is 2. The summed E-state index contributed by atoms with van der Waals surface area (Å²) in [6, 6.07) is 15.9. The lowest BCUT2D eigenvalue weighted by molar-refractivity contribution is 0.260. The van der Waals surface area contributed by atoms with Crippen LogP contribution in [0.15, 0.2) is 60.9 Å². The van der Waals surface area contributed by atoms with Crippen LogP contribution in [0, 0.1) is 0 Å². The molecule has 3 rings (SSSR count). The number of benzene rings is 2. The minimum atomic E-state index is 0.571. The Morgan fingerprint density at radius 1 is 0.759 bits per heavy atom. The summed E-state index contributed by atoms with van der Waals surface area (Å²) in [4.78, 5) is 6.49. The number of hydrogen-bond donors (Lipinski definition) is 0. The first-order chi connectivity index (χ1) is 14.1. The molecule has 0 aliphatic carbocycles. The molecule has 0 fully saturated rings. The minimum Gasteiger partial charge on any atom is -0.493 e. The second-order valence-electron chi connectivity index (χ2n) is 6.75. The van der Waals surface area contributed by atoms with Crippen molar-refractivity contribution in [2.24, 2.45) is 0 Å². The monoisotopic (exact) mass is 430 g/mol. The van der Waals surface area contributed by atoms with Crippen LogP contribution >= 0.6 is 23.2 Å². The van der Waals surface area contributed by atoms with Crippen molar-refractivity contribution < 1.29 is 9.47 Å². The van der Waals surface area contributed by atoms with Gasteiger partial charge in [-0.05, 0) is 59.5 Å². The lowest BCUT2D eigenvalue weighted by atomic mass is 10.1. The van der Waals surface area contributed by atoms with Crippen molar-refractivity contribution in [1.82, 2.24) is 9.88 Å². The zero-order chi connectivity index (χ0) is 20.6. The van der Waals surface area contributed by atoms with Gasteiger partial charge in [0.15, 0.2) is 11.5 Å². The van der Waals surface area contributed by atoms with Gasteiger partial charge in [-0.15, -0.1) is 0 Å². The van der Waals surface area contributed by atoms with Crippen molar-refractivity contribution >= 4 is 23.2 Å². The van der Waals surface area contributed by atoms with Gasteiger partial charge in [-0.25, -0.2) is 0 Å². The number of aromatic nitrogens is 1. The Morgan fingerprint density at radius 2 is 1.45 bits per heavy atom. The Kier molecular flexibility index (Phi) is 7.76. The molecule has 0 amide bonds. The van der Waals surface area contributed by atoms with Crippen LogP contribution in [0.3, 0.4) is 0 Å². The fourth-order valence-corrected chi connectivity index (χ4v) is 3.50. The maximum atomic E-state index is 6.21. The van der Waals surface area contributed by atoms with Gasteiger partial charge in [0.25, 0.3) is 0 Å². The zero-order valence-corrected chi connectivity index (χ0v) is 18.1. The Labute approximate surface area is 182 Å². The van der Waals surface area contributed by atoms with E-state index in [9.17, 15) is 0 Å². The van der Waals surface area contributed by atoms with Gasteiger partial charge in [0, 0.05) is 32.0 Å². The van der Waals surface area contributed by atoms with Crippen molar-refractivity contribution in [3.05, 3.63) is 87.7 Å². The number of ether oxygens (including phenoxy) is 2. The summed E-state index contributed by atoms with van der Waals surface area (Å²) in [6.07, 6.45) is 4.52. The molecule has 0 bridgehead atoms. The predicted octanol–water partition coefficient (Wildman–Crippen LogP) is 5.65. The Balaban J connectivity index is 1.74. The fourth-order valence-electron chi connectivity index (χ4n) is 3.18. The molecule has 4 nitrogen and oxygen atoms in total. The summed E-state index contributed by atoms with van der Waals surface area (Å²) in [7, 11) is 3.30. The topological polar surface area (TPSA) is 34.6 Å². The normalized spacial score (nSPS) is 10.9. The van der Waals surface area contributed by atoms with Gasteiger partial charge in [0.05, 0.1) is 24.3 Å². The molecule has 0 N–H and O–H groups in total. The first-order valence-corrected chi connectivity index (χ1v) is 10.1. The number of nitrogens with zero attached hydrogens (tertiary/aromatic N) is 2. The van der Waals surface area contributed by atoms with E-state index in [4.69, 9.17) is 32.7 Å². The summed E-state index contributed by atoms with van der Waals surface area (Å²) in [5, 5.41) is 1.15. The highest BCUT2D eigenvalue weighted by molar-refractivity contribution is 6.42. The first kappa shape index (κ1) is 21.4. The number of pyridine rings is 1. The van der Waals surface area contributed by atoms with Crippen LogP contribution in [-0.2, 0) is 19.5 Å². The summed E-state index contributed by atoms with van der Waals surface area (Å²) >= 11 is 12.3. The molecule has 0 spiro atoms. The average Bonchev–Trinajstić information content (AvgIpc) is 2.75. The van der Waals surface area contributed by atoms with Gasteiger partial charge in [0.2, 0.25) is 0 Å². The third-order valence-electron chi connectivity index (χ3n) is 4.71. The van der Waals surface area contributed by atoms with Gasteiger partial charge < -0.3 is 9.47 Å². The SMILES string of the molecule is COc1ccc(CCN(Cc2ccncc2)Cc2ccc(Cl)c(Cl)c2)cc1OC. The van der Waals surface area contributed by atoms with Crippen LogP contribution < -0.4 is 9.47 Å². The van der Waals surface area contributed by atoms with E-state index in [-0.39, 0.29) is 0 Å². The summed E-state index contributed by atoms with van der Waals surface area (Å²) < 4.78 is 10.8. The third-order valence-corrected chi connectivity index (χ3v) is 5.45. The Bertz CT molecular complexity index is 935. The highest BCUT2D eigenvalue weighted by Crippen LogP contribution is 2.28. The van der Waals surface area contributed by atoms with E-state index < -0.39 is 0 Å². The molecular formula is C23H24Cl2N2O2. The number of methoxy groups -OCH3 is 2. The number of hydrogen-bond acceptors (Lipinski definition) is 4. The van der Waals surface area contributed by atoms with E-state index in [1.54, 1.807) is 14.2 Å². The van der Waals surface area contributed by atoms with Crippen molar-refractivity contribution in [1.29, 1.82) is 0 Å². The van der Waals surface area contributed by atoms with E-state index in [2.05, 4.69) is 16.0 Å². The lowest BCUT2D eigenvalue weighted by Crippen LogP contribution is -2.25. The van der Waals surface area contributed by atoms with Gasteiger partial charge >= 0.3 is 0 Å². The molecule has 0 saturated heterocycles. The molecule has 0 aliphatic rings. The van der Waals surface area contributed by atoms with E-state index in [1.165, 1.54) is 11.1 Å². The molecule has 3 aromatic rings. The van der Waals surface area contributed by atoms with Crippen LogP contribution in [-0.4, -0.2) is 30.6 Å². The van der Waals surface area contributed by atoms with Crippen LogP contribution in [0.2, 0.25) is 10.0 Å².